The number of benzene rings is 1. The lowest BCUT2D eigenvalue weighted by atomic mass is 10.2. The Morgan fingerprint density at radius 1 is 1.05 bits per heavy atom. The fourth-order valence-electron chi connectivity index (χ4n) is 2.15. The van der Waals surface area contributed by atoms with E-state index >= 15 is 0 Å². The van der Waals surface area contributed by atoms with Crippen LogP contribution in [0.25, 0.3) is 10.9 Å². The number of anilines is 1. The number of pyridine rings is 1. The number of hydrogen-bond acceptors (Lipinski definition) is 5. The maximum atomic E-state index is 4.58. The Kier molecular flexibility index (Phi) is 4.43. The van der Waals surface area contributed by atoms with E-state index < -0.39 is 0 Å². The Morgan fingerprint density at radius 3 is 2.81 bits per heavy atom. The van der Waals surface area contributed by atoms with Crippen molar-refractivity contribution in [2.24, 2.45) is 0 Å². The van der Waals surface area contributed by atoms with Crippen molar-refractivity contribution in [1.82, 2.24) is 15.3 Å². The molecule has 0 amide bonds. The molecular formula is C16H18N4S. The Bertz CT molecular complexity index is 723. The van der Waals surface area contributed by atoms with E-state index in [9.17, 15) is 0 Å². The van der Waals surface area contributed by atoms with Gasteiger partial charge >= 0.3 is 0 Å². The van der Waals surface area contributed by atoms with E-state index in [1.165, 1.54) is 5.39 Å². The van der Waals surface area contributed by atoms with E-state index in [2.05, 4.69) is 38.1 Å². The van der Waals surface area contributed by atoms with E-state index in [1.54, 1.807) is 11.3 Å². The normalized spacial score (nSPS) is 10.9. The number of nitrogens with one attached hydrogen (secondary N) is 2. The summed E-state index contributed by atoms with van der Waals surface area (Å²) in [6.45, 7) is 4.57. The summed E-state index contributed by atoms with van der Waals surface area (Å²) in [7, 11) is 0. The summed E-state index contributed by atoms with van der Waals surface area (Å²) in [6, 6.07) is 12.3. The van der Waals surface area contributed by atoms with Gasteiger partial charge in [0.2, 0.25) is 0 Å². The molecule has 2 heterocycles. The maximum absolute atomic E-state index is 4.58. The zero-order chi connectivity index (χ0) is 14.5. The van der Waals surface area contributed by atoms with Crippen molar-refractivity contribution in [1.29, 1.82) is 0 Å². The minimum Gasteiger partial charge on any atom is -0.369 e. The predicted octanol–water partition coefficient (Wildman–Crippen LogP) is 3.20. The highest BCUT2D eigenvalue weighted by atomic mass is 32.1. The first kappa shape index (κ1) is 14.0. The van der Waals surface area contributed by atoms with Crippen LogP contribution in [0.5, 0.6) is 0 Å². The molecule has 0 spiro atoms. The molecule has 2 aromatic heterocycles. The molecule has 0 bridgehead atoms. The lowest BCUT2D eigenvalue weighted by molar-refractivity contribution is 0.694. The molecule has 1 aromatic carbocycles. The number of nitrogens with zero attached hydrogens (tertiary/aromatic N) is 2. The van der Waals surface area contributed by atoms with Crippen molar-refractivity contribution >= 4 is 28.1 Å². The minimum absolute atomic E-state index is 0.817. The van der Waals surface area contributed by atoms with Crippen molar-refractivity contribution in [3.8, 4) is 0 Å². The van der Waals surface area contributed by atoms with E-state index in [-0.39, 0.29) is 0 Å². The van der Waals surface area contributed by atoms with Crippen molar-refractivity contribution in [2.75, 3.05) is 18.4 Å². The van der Waals surface area contributed by atoms with Gasteiger partial charge in [-0.05, 0) is 25.1 Å². The van der Waals surface area contributed by atoms with Gasteiger partial charge < -0.3 is 10.6 Å². The highest BCUT2D eigenvalue weighted by molar-refractivity contribution is 7.09. The van der Waals surface area contributed by atoms with Gasteiger partial charge in [0, 0.05) is 30.4 Å². The van der Waals surface area contributed by atoms with Gasteiger partial charge in [0.25, 0.3) is 0 Å². The number of aryl methyl sites for hydroxylation is 1. The molecule has 3 aromatic rings. The van der Waals surface area contributed by atoms with Crippen LogP contribution in [0.1, 0.15) is 10.7 Å². The minimum atomic E-state index is 0.817. The molecular weight excluding hydrogens is 280 g/mol. The predicted molar refractivity (Wildman–Crippen MR) is 88.8 cm³/mol. The van der Waals surface area contributed by atoms with Crippen molar-refractivity contribution in [2.45, 2.75) is 13.5 Å². The standard InChI is InChI=1S/C16H18N4S/c1-12-19-14(11-21-12)10-17-8-9-18-16-7-6-13-4-2-3-5-15(13)20-16/h2-7,11,17H,8-10H2,1H3,(H,18,20). The van der Waals surface area contributed by atoms with E-state index in [1.807, 2.05) is 31.2 Å². The van der Waals surface area contributed by atoms with E-state index in [0.717, 1.165) is 41.7 Å². The number of para-hydroxylation sites is 1. The Morgan fingerprint density at radius 2 is 1.95 bits per heavy atom. The largest absolute Gasteiger partial charge is 0.369 e. The van der Waals surface area contributed by atoms with Gasteiger partial charge in [0.1, 0.15) is 5.82 Å². The van der Waals surface area contributed by atoms with Crippen molar-refractivity contribution in [3.05, 3.63) is 52.5 Å². The molecule has 0 unspecified atom stereocenters. The summed E-state index contributed by atoms with van der Waals surface area (Å²) >= 11 is 1.69. The van der Waals surface area contributed by atoms with Crippen LogP contribution in [0.15, 0.2) is 41.8 Å². The first-order valence-electron chi connectivity index (χ1n) is 7.03. The van der Waals surface area contributed by atoms with Crippen LogP contribution in [0.3, 0.4) is 0 Å². The molecule has 21 heavy (non-hydrogen) atoms. The number of rotatable bonds is 6. The fraction of sp³-hybridized carbons (Fsp3) is 0.250. The second kappa shape index (κ2) is 6.65. The summed E-state index contributed by atoms with van der Waals surface area (Å²) in [5.41, 5.74) is 2.13. The number of hydrogen-bond donors (Lipinski definition) is 2. The molecule has 0 saturated carbocycles. The first-order chi connectivity index (χ1) is 10.3. The molecule has 3 rings (SSSR count). The summed E-state index contributed by atoms with van der Waals surface area (Å²) in [5.74, 6) is 0.917. The molecule has 5 heteroatoms. The fourth-order valence-corrected chi connectivity index (χ4v) is 2.76. The molecule has 0 atom stereocenters. The average molecular weight is 298 g/mol. The third-order valence-electron chi connectivity index (χ3n) is 3.18. The van der Waals surface area contributed by atoms with Crippen LogP contribution < -0.4 is 10.6 Å². The zero-order valence-electron chi connectivity index (χ0n) is 12.0. The number of aromatic nitrogens is 2. The maximum Gasteiger partial charge on any atom is 0.126 e. The summed E-state index contributed by atoms with van der Waals surface area (Å²) in [5, 5.41) is 11.1. The smallest absolute Gasteiger partial charge is 0.126 e. The summed E-state index contributed by atoms with van der Waals surface area (Å²) < 4.78 is 0. The summed E-state index contributed by atoms with van der Waals surface area (Å²) in [6.07, 6.45) is 0. The lowest BCUT2D eigenvalue weighted by Crippen LogP contribution is -2.22. The van der Waals surface area contributed by atoms with Gasteiger partial charge in [0.05, 0.1) is 16.2 Å². The molecule has 0 saturated heterocycles. The van der Waals surface area contributed by atoms with Crippen LogP contribution in [0.2, 0.25) is 0 Å². The first-order valence-corrected chi connectivity index (χ1v) is 7.90. The van der Waals surface area contributed by atoms with Gasteiger partial charge in [-0.1, -0.05) is 18.2 Å². The topological polar surface area (TPSA) is 49.8 Å². The molecule has 0 aliphatic rings. The van der Waals surface area contributed by atoms with Crippen molar-refractivity contribution in [3.63, 3.8) is 0 Å². The number of thiazole rings is 1. The van der Waals surface area contributed by atoms with Gasteiger partial charge in [0.15, 0.2) is 0 Å². The Hall–Kier alpha value is -1.98. The van der Waals surface area contributed by atoms with E-state index in [0.29, 0.717) is 0 Å². The van der Waals surface area contributed by atoms with Crippen LogP contribution >= 0.6 is 11.3 Å². The lowest BCUT2D eigenvalue weighted by Gasteiger charge is -2.07. The molecule has 0 aliphatic carbocycles. The SMILES string of the molecule is Cc1nc(CNCCNc2ccc3ccccc3n2)cs1. The van der Waals surface area contributed by atoms with Crippen LogP contribution in [0.4, 0.5) is 5.82 Å². The van der Waals surface area contributed by atoms with Crippen LogP contribution in [-0.2, 0) is 6.54 Å². The molecule has 0 radical (unpaired) electrons. The number of fused-ring (bicyclic) bond motifs is 1. The second-order valence-corrected chi connectivity index (χ2v) is 5.91. The van der Waals surface area contributed by atoms with Crippen molar-refractivity contribution < 1.29 is 0 Å². The Labute approximate surface area is 128 Å². The third kappa shape index (κ3) is 3.77. The van der Waals surface area contributed by atoms with Crippen LogP contribution in [-0.4, -0.2) is 23.1 Å². The summed E-state index contributed by atoms with van der Waals surface area (Å²) in [4.78, 5) is 9.01. The molecule has 108 valence electrons. The van der Waals surface area contributed by atoms with Crippen LogP contribution in [0, 0.1) is 6.92 Å². The highest BCUT2D eigenvalue weighted by Crippen LogP contribution is 2.14. The second-order valence-electron chi connectivity index (χ2n) is 4.85. The van der Waals surface area contributed by atoms with Gasteiger partial charge in [-0.3, -0.25) is 0 Å². The zero-order valence-corrected chi connectivity index (χ0v) is 12.8. The Balaban J connectivity index is 1.46. The molecule has 0 aliphatic heterocycles. The quantitative estimate of drug-likeness (QED) is 0.686. The monoisotopic (exact) mass is 298 g/mol. The molecule has 4 nitrogen and oxygen atoms in total. The third-order valence-corrected chi connectivity index (χ3v) is 4.00. The highest BCUT2D eigenvalue weighted by Gasteiger charge is 1.99. The van der Waals surface area contributed by atoms with E-state index in [4.69, 9.17) is 0 Å². The molecule has 2 N–H and O–H groups in total. The van der Waals surface area contributed by atoms with Gasteiger partial charge in [-0.2, -0.15) is 0 Å². The average Bonchev–Trinajstić information content (AvgIpc) is 2.92. The van der Waals surface area contributed by atoms with Gasteiger partial charge in [-0.25, -0.2) is 9.97 Å². The molecule has 0 fully saturated rings. The van der Waals surface area contributed by atoms with Gasteiger partial charge in [-0.15, -0.1) is 11.3 Å².